The predicted octanol–water partition coefficient (Wildman–Crippen LogP) is 2.45. The fraction of sp³-hybridized carbons (Fsp3) is 0.333. The fourth-order valence-corrected chi connectivity index (χ4v) is 1.00. The van der Waals surface area contributed by atoms with Gasteiger partial charge in [0.05, 0.1) is 5.56 Å². The van der Waals surface area contributed by atoms with Gasteiger partial charge in [-0.05, 0) is 32.9 Å². The number of esters is 1. The molecule has 1 aromatic rings. The Morgan fingerprint density at radius 1 is 1.33 bits per heavy atom. The Bertz CT molecular complexity index is 399. The molecule has 78 valence electrons. The van der Waals surface area contributed by atoms with Gasteiger partial charge in [-0.2, -0.15) is 5.26 Å². The van der Waals surface area contributed by atoms with Gasteiger partial charge in [0.25, 0.3) is 0 Å². The smallest absolute Gasteiger partial charge is 0.339 e. The zero-order valence-corrected chi connectivity index (χ0v) is 9.07. The molecule has 0 aliphatic heterocycles. The van der Waals surface area contributed by atoms with E-state index >= 15 is 0 Å². The summed E-state index contributed by atoms with van der Waals surface area (Å²) < 4.78 is 5.01. The SMILES string of the molecule is Cc1ccc(C(=O)OC(C)(C)C#N)cc1. The summed E-state index contributed by atoms with van der Waals surface area (Å²) in [6.45, 7) is 5.05. The Morgan fingerprint density at radius 3 is 2.33 bits per heavy atom. The van der Waals surface area contributed by atoms with E-state index in [1.165, 1.54) is 0 Å². The Balaban J connectivity index is 2.79. The molecule has 3 heteroatoms. The quantitative estimate of drug-likeness (QED) is 0.694. The number of nitriles is 1. The summed E-state index contributed by atoms with van der Waals surface area (Å²) in [7, 11) is 0. The first-order valence-electron chi connectivity index (χ1n) is 4.66. The van der Waals surface area contributed by atoms with Crippen molar-refractivity contribution in [3.05, 3.63) is 35.4 Å². The van der Waals surface area contributed by atoms with Crippen LogP contribution < -0.4 is 0 Å². The zero-order chi connectivity index (χ0) is 11.5. The number of ether oxygens (including phenoxy) is 1. The van der Waals surface area contributed by atoms with Gasteiger partial charge in [0, 0.05) is 0 Å². The van der Waals surface area contributed by atoms with Gasteiger partial charge >= 0.3 is 5.97 Å². The van der Waals surface area contributed by atoms with E-state index in [9.17, 15) is 4.79 Å². The molecule has 0 radical (unpaired) electrons. The maximum Gasteiger partial charge on any atom is 0.339 e. The maximum absolute atomic E-state index is 11.6. The molecule has 1 aromatic carbocycles. The standard InChI is InChI=1S/C12H13NO2/c1-9-4-6-10(7-5-9)11(14)15-12(2,3)8-13/h4-7H,1-3H3. The van der Waals surface area contributed by atoms with Crippen LogP contribution in [0, 0.1) is 18.3 Å². The first kappa shape index (κ1) is 11.3. The number of carbonyl (C=O) groups is 1. The Morgan fingerprint density at radius 2 is 1.87 bits per heavy atom. The third kappa shape index (κ3) is 3.10. The second kappa shape index (κ2) is 4.14. The molecular formula is C12H13NO2. The average molecular weight is 203 g/mol. The van der Waals surface area contributed by atoms with Gasteiger partial charge in [-0.3, -0.25) is 0 Å². The number of nitrogens with zero attached hydrogens (tertiary/aromatic N) is 1. The highest BCUT2D eigenvalue weighted by molar-refractivity contribution is 5.89. The minimum absolute atomic E-state index is 0.462. The van der Waals surface area contributed by atoms with E-state index in [0.717, 1.165) is 5.56 Å². The molecule has 0 aromatic heterocycles. The van der Waals surface area contributed by atoms with Crippen LogP contribution in [0.5, 0.6) is 0 Å². The van der Waals surface area contributed by atoms with Gasteiger partial charge in [-0.15, -0.1) is 0 Å². The highest BCUT2D eigenvalue weighted by atomic mass is 16.6. The number of rotatable bonds is 2. The number of hydrogen-bond acceptors (Lipinski definition) is 3. The van der Waals surface area contributed by atoms with Crippen molar-refractivity contribution >= 4 is 5.97 Å². The molecule has 0 saturated heterocycles. The van der Waals surface area contributed by atoms with Crippen molar-refractivity contribution in [2.24, 2.45) is 0 Å². The lowest BCUT2D eigenvalue weighted by Gasteiger charge is -2.16. The number of benzene rings is 1. The molecule has 0 bridgehead atoms. The van der Waals surface area contributed by atoms with Crippen LogP contribution in [-0.2, 0) is 4.74 Å². The average Bonchev–Trinajstić information content (AvgIpc) is 2.18. The van der Waals surface area contributed by atoms with Gasteiger partial charge < -0.3 is 4.74 Å². The van der Waals surface area contributed by atoms with Crippen molar-refractivity contribution in [1.29, 1.82) is 5.26 Å². The number of aryl methyl sites for hydroxylation is 1. The lowest BCUT2D eigenvalue weighted by atomic mass is 10.1. The van der Waals surface area contributed by atoms with E-state index in [2.05, 4.69) is 0 Å². The molecule has 0 fully saturated rings. The van der Waals surface area contributed by atoms with Crippen molar-refractivity contribution in [2.75, 3.05) is 0 Å². The molecule has 0 heterocycles. The van der Waals surface area contributed by atoms with Gasteiger partial charge in [-0.1, -0.05) is 17.7 Å². The minimum atomic E-state index is -1.08. The van der Waals surface area contributed by atoms with Gasteiger partial charge in [-0.25, -0.2) is 4.79 Å². The lowest BCUT2D eigenvalue weighted by molar-refractivity contribution is 0.0198. The molecule has 0 amide bonds. The molecule has 0 saturated carbocycles. The minimum Gasteiger partial charge on any atom is -0.441 e. The summed E-state index contributed by atoms with van der Waals surface area (Å²) in [5.41, 5.74) is 0.456. The van der Waals surface area contributed by atoms with Crippen LogP contribution in [-0.4, -0.2) is 11.6 Å². The molecule has 15 heavy (non-hydrogen) atoms. The molecule has 0 N–H and O–H groups in total. The third-order valence-corrected chi connectivity index (χ3v) is 1.90. The summed E-state index contributed by atoms with van der Waals surface area (Å²) in [6.07, 6.45) is 0. The Labute approximate surface area is 89.3 Å². The van der Waals surface area contributed by atoms with Crippen LogP contribution >= 0.6 is 0 Å². The van der Waals surface area contributed by atoms with Crippen LogP contribution in [0.3, 0.4) is 0 Å². The lowest BCUT2D eigenvalue weighted by Crippen LogP contribution is -2.25. The largest absolute Gasteiger partial charge is 0.441 e. The molecule has 3 nitrogen and oxygen atoms in total. The van der Waals surface area contributed by atoms with Crippen molar-refractivity contribution in [1.82, 2.24) is 0 Å². The fourth-order valence-electron chi connectivity index (χ4n) is 1.00. The summed E-state index contributed by atoms with van der Waals surface area (Å²) >= 11 is 0. The molecule has 0 aliphatic carbocycles. The van der Waals surface area contributed by atoms with Crippen molar-refractivity contribution in [3.63, 3.8) is 0 Å². The zero-order valence-electron chi connectivity index (χ0n) is 9.07. The van der Waals surface area contributed by atoms with Crippen molar-refractivity contribution in [3.8, 4) is 6.07 Å². The second-order valence-electron chi connectivity index (χ2n) is 3.88. The summed E-state index contributed by atoms with van der Waals surface area (Å²) in [5.74, 6) is -0.471. The number of carbonyl (C=O) groups excluding carboxylic acids is 1. The molecule has 0 atom stereocenters. The van der Waals surface area contributed by atoms with Gasteiger partial charge in [0.1, 0.15) is 6.07 Å². The molecule has 0 unspecified atom stereocenters. The van der Waals surface area contributed by atoms with E-state index in [-0.39, 0.29) is 0 Å². The normalized spacial score (nSPS) is 10.5. The number of hydrogen-bond donors (Lipinski definition) is 0. The highest BCUT2D eigenvalue weighted by Crippen LogP contribution is 2.12. The molecular weight excluding hydrogens is 190 g/mol. The summed E-state index contributed by atoms with van der Waals surface area (Å²) in [4.78, 5) is 11.6. The molecule has 0 aliphatic rings. The van der Waals surface area contributed by atoms with E-state index in [0.29, 0.717) is 5.56 Å². The first-order chi connectivity index (χ1) is 6.94. The Hall–Kier alpha value is -1.82. The second-order valence-corrected chi connectivity index (χ2v) is 3.88. The first-order valence-corrected chi connectivity index (χ1v) is 4.66. The van der Waals surface area contributed by atoms with Crippen molar-refractivity contribution < 1.29 is 9.53 Å². The maximum atomic E-state index is 11.6. The monoisotopic (exact) mass is 203 g/mol. The van der Waals surface area contributed by atoms with Crippen molar-refractivity contribution in [2.45, 2.75) is 26.4 Å². The van der Waals surface area contributed by atoms with E-state index < -0.39 is 11.6 Å². The van der Waals surface area contributed by atoms with E-state index in [1.807, 2.05) is 25.1 Å². The molecule has 0 spiro atoms. The highest BCUT2D eigenvalue weighted by Gasteiger charge is 2.22. The predicted molar refractivity (Wildman–Crippen MR) is 56.3 cm³/mol. The van der Waals surface area contributed by atoms with Crippen LogP contribution in [0.1, 0.15) is 29.8 Å². The third-order valence-electron chi connectivity index (χ3n) is 1.90. The van der Waals surface area contributed by atoms with Crippen LogP contribution in [0.15, 0.2) is 24.3 Å². The summed E-state index contributed by atoms with van der Waals surface area (Å²) in [5, 5.41) is 8.71. The Kier molecular flexibility index (Phi) is 3.11. The van der Waals surface area contributed by atoms with E-state index in [1.54, 1.807) is 26.0 Å². The summed E-state index contributed by atoms with van der Waals surface area (Å²) in [6, 6.07) is 8.94. The van der Waals surface area contributed by atoms with Gasteiger partial charge in [0.2, 0.25) is 0 Å². The van der Waals surface area contributed by atoms with Crippen LogP contribution in [0.2, 0.25) is 0 Å². The van der Waals surface area contributed by atoms with E-state index in [4.69, 9.17) is 10.00 Å². The molecule has 1 rings (SSSR count). The van der Waals surface area contributed by atoms with Gasteiger partial charge in [0.15, 0.2) is 5.60 Å². The topological polar surface area (TPSA) is 50.1 Å². The van der Waals surface area contributed by atoms with Crippen LogP contribution in [0.4, 0.5) is 0 Å². The van der Waals surface area contributed by atoms with Crippen LogP contribution in [0.25, 0.3) is 0 Å².